The van der Waals surface area contributed by atoms with E-state index in [9.17, 15) is 14.4 Å². The number of likely N-dealkylation sites (tertiary alicyclic amines) is 1. The molecule has 0 radical (unpaired) electrons. The number of nitrogens with zero attached hydrogens (tertiary/aromatic N) is 2. The van der Waals surface area contributed by atoms with Crippen LogP contribution in [0.1, 0.15) is 24.8 Å². The topological polar surface area (TPSA) is 96.4 Å². The molecule has 2 aromatic rings. The summed E-state index contributed by atoms with van der Waals surface area (Å²) in [5.74, 6) is 0.919. The molecule has 3 heterocycles. The number of nitrogens with one attached hydrogen (secondary N) is 2. The van der Waals surface area contributed by atoms with Crippen LogP contribution in [-0.4, -0.2) is 46.8 Å². The average molecular weight is 384 g/mol. The Labute approximate surface area is 162 Å². The molecule has 8 heteroatoms. The number of methoxy groups -OCH3 is 1. The number of ether oxygens (including phenoxy) is 1. The van der Waals surface area contributed by atoms with Crippen molar-refractivity contribution in [2.75, 3.05) is 25.5 Å². The van der Waals surface area contributed by atoms with Crippen molar-refractivity contribution in [2.24, 2.45) is 5.92 Å². The van der Waals surface area contributed by atoms with Gasteiger partial charge in [0, 0.05) is 19.1 Å². The highest BCUT2D eigenvalue weighted by molar-refractivity contribution is 5.67. The maximum Gasteiger partial charge on any atom is 0.409 e. The highest BCUT2D eigenvalue weighted by Crippen LogP contribution is 2.29. The lowest BCUT2D eigenvalue weighted by molar-refractivity contribution is 0.103. The van der Waals surface area contributed by atoms with Crippen LogP contribution in [0.4, 0.5) is 10.6 Å². The fourth-order valence-corrected chi connectivity index (χ4v) is 4.26. The second-order valence-corrected chi connectivity index (χ2v) is 7.34. The lowest BCUT2D eigenvalue weighted by Crippen LogP contribution is -2.46. The van der Waals surface area contributed by atoms with Gasteiger partial charge in [-0.25, -0.2) is 14.2 Å². The number of aromatic nitrogens is 2. The number of H-pyrrole nitrogens is 1. The van der Waals surface area contributed by atoms with Crippen LogP contribution in [0.5, 0.6) is 0 Å². The molecule has 0 aliphatic carbocycles. The third kappa shape index (κ3) is 3.30. The standard InChI is InChI=1S/C20H24N4O4/c1-28-20(27)23-11-9-13(10-12-23)16-8-7-15-17(21-16)22-19(26)24(18(15)25)14-5-3-2-4-6-14/h2-6,13,16,21H,7-12H2,1H3,(H,22,26). The zero-order valence-electron chi connectivity index (χ0n) is 15.8. The summed E-state index contributed by atoms with van der Waals surface area (Å²) in [7, 11) is 1.40. The minimum atomic E-state index is -0.441. The molecule has 2 aliphatic rings. The van der Waals surface area contributed by atoms with E-state index in [1.807, 2.05) is 6.07 Å². The van der Waals surface area contributed by atoms with Gasteiger partial charge in [0.2, 0.25) is 0 Å². The van der Waals surface area contributed by atoms with E-state index >= 15 is 0 Å². The van der Waals surface area contributed by atoms with Crippen molar-refractivity contribution in [3.8, 4) is 5.69 Å². The van der Waals surface area contributed by atoms with E-state index < -0.39 is 5.69 Å². The van der Waals surface area contributed by atoms with E-state index in [4.69, 9.17) is 4.74 Å². The highest BCUT2D eigenvalue weighted by Gasteiger charge is 2.32. The third-order valence-corrected chi connectivity index (χ3v) is 5.79. The quantitative estimate of drug-likeness (QED) is 0.822. The molecule has 8 nitrogen and oxygen atoms in total. The van der Waals surface area contributed by atoms with Crippen molar-refractivity contribution in [1.82, 2.24) is 14.5 Å². The molecule has 2 aliphatic heterocycles. The van der Waals surface area contributed by atoms with Gasteiger partial charge in [0.1, 0.15) is 5.82 Å². The number of aromatic amines is 1. The van der Waals surface area contributed by atoms with Crippen molar-refractivity contribution in [2.45, 2.75) is 31.7 Å². The molecule has 1 aromatic carbocycles. The third-order valence-electron chi connectivity index (χ3n) is 5.79. The van der Waals surface area contributed by atoms with E-state index in [0.29, 0.717) is 42.5 Å². The number of hydrogen-bond donors (Lipinski definition) is 2. The molecule has 1 amide bonds. The Morgan fingerprint density at radius 1 is 1.11 bits per heavy atom. The Morgan fingerprint density at radius 3 is 2.50 bits per heavy atom. The Morgan fingerprint density at radius 2 is 1.82 bits per heavy atom. The SMILES string of the molecule is COC(=O)N1CCC(C2CCc3c([nH]c(=O)n(-c4ccccc4)c3=O)N2)CC1. The first-order chi connectivity index (χ1) is 13.6. The predicted octanol–water partition coefficient (Wildman–Crippen LogP) is 1.73. The number of anilines is 1. The summed E-state index contributed by atoms with van der Waals surface area (Å²) >= 11 is 0. The van der Waals surface area contributed by atoms with Gasteiger partial charge in [0.25, 0.3) is 5.56 Å². The highest BCUT2D eigenvalue weighted by atomic mass is 16.5. The van der Waals surface area contributed by atoms with Gasteiger partial charge in [-0.1, -0.05) is 18.2 Å². The molecule has 1 aromatic heterocycles. The average Bonchev–Trinajstić information content (AvgIpc) is 2.73. The van der Waals surface area contributed by atoms with Gasteiger partial charge in [-0.2, -0.15) is 0 Å². The zero-order chi connectivity index (χ0) is 19.7. The summed E-state index contributed by atoms with van der Waals surface area (Å²) in [5, 5.41) is 3.38. The molecule has 0 spiro atoms. The van der Waals surface area contributed by atoms with Crippen LogP contribution in [0.15, 0.2) is 39.9 Å². The van der Waals surface area contributed by atoms with E-state index in [-0.39, 0.29) is 17.7 Å². The van der Waals surface area contributed by atoms with Gasteiger partial charge in [-0.05, 0) is 43.7 Å². The summed E-state index contributed by atoms with van der Waals surface area (Å²) in [6, 6.07) is 9.12. The molecule has 1 saturated heterocycles. The summed E-state index contributed by atoms with van der Waals surface area (Å²) in [5.41, 5.74) is 0.473. The first-order valence-corrected chi connectivity index (χ1v) is 9.61. The van der Waals surface area contributed by atoms with Crippen LogP contribution < -0.4 is 16.6 Å². The number of piperidine rings is 1. The van der Waals surface area contributed by atoms with Crippen molar-refractivity contribution in [3.05, 3.63) is 56.7 Å². The van der Waals surface area contributed by atoms with E-state index in [2.05, 4.69) is 10.3 Å². The number of benzene rings is 1. The zero-order valence-corrected chi connectivity index (χ0v) is 15.8. The Hall–Kier alpha value is -3.03. The first kappa shape index (κ1) is 18.3. The van der Waals surface area contributed by atoms with Crippen molar-refractivity contribution < 1.29 is 9.53 Å². The van der Waals surface area contributed by atoms with Gasteiger partial charge in [0.05, 0.1) is 18.4 Å². The molecule has 1 fully saturated rings. The first-order valence-electron chi connectivity index (χ1n) is 9.61. The van der Waals surface area contributed by atoms with Gasteiger partial charge < -0.3 is 15.0 Å². The molecular formula is C20H24N4O4. The summed E-state index contributed by atoms with van der Waals surface area (Å²) in [6.07, 6.45) is 2.89. The molecule has 0 saturated carbocycles. The predicted molar refractivity (Wildman–Crippen MR) is 105 cm³/mol. The number of para-hydroxylation sites is 1. The largest absolute Gasteiger partial charge is 0.453 e. The molecule has 148 valence electrons. The number of carbonyl (C=O) groups excluding carboxylic acids is 1. The number of amides is 1. The fraction of sp³-hybridized carbons (Fsp3) is 0.450. The van der Waals surface area contributed by atoms with Crippen LogP contribution in [0.2, 0.25) is 0 Å². The summed E-state index contributed by atoms with van der Waals surface area (Å²) < 4.78 is 5.98. The molecule has 2 N–H and O–H groups in total. The van der Waals surface area contributed by atoms with Gasteiger partial charge in [-0.15, -0.1) is 0 Å². The van der Waals surface area contributed by atoms with E-state index in [0.717, 1.165) is 19.3 Å². The van der Waals surface area contributed by atoms with Crippen molar-refractivity contribution in [1.29, 1.82) is 0 Å². The number of rotatable bonds is 2. The molecule has 28 heavy (non-hydrogen) atoms. The van der Waals surface area contributed by atoms with Crippen LogP contribution >= 0.6 is 0 Å². The smallest absolute Gasteiger partial charge is 0.409 e. The summed E-state index contributed by atoms with van der Waals surface area (Å²) in [4.78, 5) is 41.7. The van der Waals surface area contributed by atoms with Crippen molar-refractivity contribution in [3.63, 3.8) is 0 Å². The minimum Gasteiger partial charge on any atom is -0.453 e. The maximum atomic E-state index is 12.9. The van der Waals surface area contributed by atoms with Gasteiger partial charge in [0.15, 0.2) is 0 Å². The second kappa shape index (κ2) is 7.53. The normalized spacial score (nSPS) is 19.6. The van der Waals surface area contributed by atoms with Crippen LogP contribution in [0.3, 0.4) is 0 Å². The minimum absolute atomic E-state index is 0.176. The maximum absolute atomic E-state index is 12.9. The molecule has 1 unspecified atom stereocenters. The lowest BCUT2D eigenvalue weighted by Gasteiger charge is -2.38. The molecule has 1 atom stereocenters. The van der Waals surface area contributed by atoms with Gasteiger partial charge >= 0.3 is 11.8 Å². The number of carbonyl (C=O) groups is 1. The number of hydrogen-bond acceptors (Lipinski definition) is 5. The monoisotopic (exact) mass is 384 g/mol. The molecule has 4 rings (SSSR count). The van der Waals surface area contributed by atoms with Crippen LogP contribution in [-0.2, 0) is 11.2 Å². The molecular weight excluding hydrogens is 360 g/mol. The van der Waals surface area contributed by atoms with Gasteiger partial charge in [-0.3, -0.25) is 9.78 Å². The van der Waals surface area contributed by atoms with E-state index in [1.165, 1.54) is 11.7 Å². The Balaban J connectivity index is 1.53. The second-order valence-electron chi connectivity index (χ2n) is 7.34. The Kier molecular flexibility index (Phi) is 4.93. The Bertz CT molecular complexity index is 974. The fourth-order valence-electron chi connectivity index (χ4n) is 4.26. The lowest BCUT2D eigenvalue weighted by atomic mass is 9.84. The summed E-state index contributed by atoms with van der Waals surface area (Å²) in [6.45, 7) is 1.32. The van der Waals surface area contributed by atoms with Crippen molar-refractivity contribution >= 4 is 11.9 Å². The van der Waals surface area contributed by atoms with E-state index in [1.54, 1.807) is 29.2 Å². The van der Waals surface area contributed by atoms with Crippen LogP contribution in [0, 0.1) is 5.92 Å². The molecule has 0 bridgehead atoms. The number of fused-ring (bicyclic) bond motifs is 1. The van der Waals surface area contributed by atoms with Crippen LogP contribution in [0.25, 0.3) is 5.69 Å².